The number of ether oxygens (including phenoxy) is 1. The highest BCUT2D eigenvalue weighted by Gasteiger charge is 2.36. The van der Waals surface area contributed by atoms with E-state index in [0.29, 0.717) is 25.5 Å². The van der Waals surface area contributed by atoms with Crippen molar-refractivity contribution in [2.75, 3.05) is 30.4 Å². The molecule has 1 aromatic heterocycles. The zero-order valence-corrected chi connectivity index (χ0v) is 17.3. The fourth-order valence-electron chi connectivity index (χ4n) is 3.13. The number of hydrogen-bond donors (Lipinski definition) is 0. The van der Waals surface area contributed by atoms with E-state index in [9.17, 15) is 13.6 Å². The lowest BCUT2D eigenvalue weighted by molar-refractivity contribution is -0.141. The van der Waals surface area contributed by atoms with E-state index in [1.54, 1.807) is 6.07 Å². The Morgan fingerprint density at radius 3 is 2.66 bits per heavy atom. The molecule has 1 aromatic carbocycles. The van der Waals surface area contributed by atoms with Gasteiger partial charge in [-0.05, 0) is 32.9 Å². The van der Waals surface area contributed by atoms with Gasteiger partial charge in [0.25, 0.3) is 0 Å². The van der Waals surface area contributed by atoms with Gasteiger partial charge in [0.15, 0.2) is 11.6 Å². The molecule has 0 bridgehead atoms. The summed E-state index contributed by atoms with van der Waals surface area (Å²) in [6, 6.07) is 4.89. The van der Waals surface area contributed by atoms with Crippen molar-refractivity contribution in [1.29, 1.82) is 0 Å². The van der Waals surface area contributed by atoms with Crippen LogP contribution in [-0.4, -0.2) is 52.3 Å². The van der Waals surface area contributed by atoms with Crippen molar-refractivity contribution < 1.29 is 18.3 Å². The van der Waals surface area contributed by atoms with Gasteiger partial charge in [0, 0.05) is 43.7 Å². The molecule has 9 heteroatoms. The molecule has 0 aliphatic carbocycles. The third-order valence-corrected chi connectivity index (χ3v) is 5.53. The lowest BCUT2D eigenvalue weighted by Crippen LogP contribution is -2.57. The fraction of sp³-hybridized carbons (Fsp3) is 0.450. The van der Waals surface area contributed by atoms with Crippen molar-refractivity contribution in [3.63, 3.8) is 0 Å². The largest absolute Gasteiger partial charge is 0.439 e. The van der Waals surface area contributed by atoms with Crippen LogP contribution in [0.5, 0.6) is 11.6 Å². The van der Waals surface area contributed by atoms with Crippen LogP contribution in [0.15, 0.2) is 30.6 Å². The number of aromatic nitrogens is 2. The topological polar surface area (TPSA) is 58.6 Å². The minimum atomic E-state index is -0.994. The van der Waals surface area contributed by atoms with Gasteiger partial charge in [-0.3, -0.25) is 4.79 Å². The first-order valence-electron chi connectivity index (χ1n) is 9.28. The van der Waals surface area contributed by atoms with Gasteiger partial charge in [-0.2, -0.15) is 0 Å². The zero-order chi connectivity index (χ0) is 21.2. The van der Waals surface area contributed by atoms with Gasteiger partial charge in [-0.25, -0.2) is 18.7 Å². The Balaban J connectivity index is 1.70. The summed E-state index contributed by atoms with van der Waals surface area (Å²) in [5.41, 5.74) is -0.613. The number of benzene rings is 1. The number of halogens is 3. The van der Waals surface area contributed by atoms with Gasteiger partial charge in [-0.1, -0.05) is 0 Å². The highest BCUT2D eigenvalue weighted by molar-refractivity contribution is 6.19. The summed E-state index contributed by atoms with van der Waals surface area (Å²) in [6.45, 7) is 7.39. The second kappa shape index (κ2) is 8.49. The maximum Gasteiger partial charge on any atom is 0.229 e. The molecule has 29 heavy (non-hydrogen) atoms. The van der Waals surface area contributed by atoms with E-state index in [1.165, 1.54) is 12.4 Å². The SMILES string of the molecule is CC1CN(c2cc(Oc3ccc(F)c(F)c3)ncn2)CCN1C(=O)C(C)(C)CCl. The number of carbonyl (C=O) groups is 1. The molecule has 1 fully saturated rings. The van der Waals surface area contributed by atoms with Gasteiger partial charge in [0.05, 0.1) is 5.41 Å². The first-order valence-corrected chi connectivity index (χ1v) is 9.81. The Morgan fingerprint density at radius 1 is 1.24 bits per heavy atom. The van der Waals surface area contributed by atoms with Crippen molar-refractivity contribution in [3.8, 4) is 11.6 Å². The molecular weight excluding hydrogens is 402 g/mol. The summed E-state index contributed by atoms with van der Waals surface area (Å²) in [7, 11) is 0. The maximum atomic E-state index is 13.4. The highest BCUT2D eigenvalue weighted by atomic mass is 35.5. The molecule has 2 aromatic rings. The van der Waals surface area contributed by atoms with Crippen LogP contribution in [0.2, 0.25) is 0 Å². The van der Waals surface area contributed by atoms with Crippen molar-refractivity contribution >= 4 is 23.3 Å². The van der Waals surface area contributed by atoms with Crippen LogP contribution in [-0.2, 0) is 4.79 Å². The first kappa shape index (κ1) is 21.2. The van der Waals surface area contributed by atoms with Gasteiger partial charge in [0.1, 0.15) is 17.9 Å². The molecule has 0 N–H and O–H groups in total. The zero-order valence-electron chi connectivity index (χ0n) is 16.5. The molecule has 1 unspecified atom stereocenters. The number of anilines is 1. The predicted molar refractivity (Wildman–Crippen MR) is 106 cm³/mol. The molecule has 1 aliphatic heterocycles. The summed E-state index contributed by atoms with van der Waals surface area (Å²) in [4.78, 5) is 24.9. The Kier molecular flexibility index (Phi) is 6.21. The van der Waals surface area contributed by atoms with Crippen LogP contribution in [0.25, 0.3) is 0 Å². The number of rotatable bonds is 5. The average molecular weight is 425 g/mol. The number of alkyl halides is 1. The van der Waals surface area contributed by atoms with Crippen LogP contribution in [0.4, 0.5) is 14.6 Å². The number of carbonyl (C=O) groups excluding carboxylic acids is 1. The Morgan fingerprint density at radius 2 is 2.00 bits per heavy atom. The Bertz CT molecular complexity index is 897. The third-order valence-electron chi connectivity index (χ3n) is 4.87. The second-order valence-corrected chi connectivity index (χ2v) is 7.97. The van der Waals surface area contributed by atoms with E-state index in [4.69, 9.17) is 16.3 Å². The predicted octanol–water partition coefficient (Wildman–Crippen LogP) is 3.85. The molecule has 0 saturated carbocycles. The van der Waals surface area contributed by atoms with Crippen molar-refractivity contribution in [3.05, 3.63) is 42.2 Å². The van der Waals surface area contributed by atoms with Gasteiger partial charge in [0.2, 0.25) is 11.8 Å². The summed E-state index contributed by atoms with van der Waals surface area (Å²) in [6.07, 6.45) is 1.35. The van der Waals surface area contributed by atoms with Crippen molar-refractivity contribution in [2.24, 2.45) is 5.41 Å². The lowest BCUT2D eigenvalue weighted by Gasteiger charge is -2.43. The van der Waals surface area contributed by atoms with Crippen LogP contribution < -0.4 is 9.64 Å². The molecule has 1 aliphatic rings. The average Bonchev–Trinajstić information content (AvgIpc) is 2.70. The third kappa shape index (κ3) is 4.75. The summed E-state index contributed by atoms with van der Waals surface area (Å²) in [5, 5.41) is 0. The van der Waals surface area contributed by atoms with Gasteiger partial charge >= 0.3 is 0 Å². The van der Waals surface area contributed by atoms with Crippen LogP contribution in [0, 0.1) is 17.0 Å². The van der Waals surface area contributed by atoms with E-state index < -0.39 is 17.0 Å². The normalized spacial score (nSPS) is 17.4. The molecule has 1 saturated heterocycles. The molecule has 1 amide bonds. The molecular formula is C20H23ClF2N4O2. The smallest absolute Gasteiger partial charge is 0.229 e. The van der Waals surface area contributed by atoms with E-state index in [2.05, 4.69) is 9.97 Å². The molecule has 0 radical (unpaired) electrons. The first-order chi connectivity index (χ1) is 13.7. The molecule has 6 nitrogen and oxygen atoms in total. The number of amides is 1. The van der Waals surface area contributed by atoms with Crippen molar-refractivity contribution in [2.45, 2.75) is 26.8 Å². The van der Waals surface area contributed by atoms with E-state index in [-0.39, 0.29) is 29.5 Å². The quantitative estimate of drug-likeness (QED) is 0.682. The number of hydrogen-bond acceptors (Lipinski definition) is 5. The molecule has 156 valence electrons. The van der Waals surface area contributed by atoms with Crippen molar-refractivity contribution in [1.82, 2.24) is 14.9 Å². The van der Waals surface area contributed by atoms with E-state index >= 15 is 0 Å². The highest BCUT2D eigenvalue weighted by Crippen LogP contribution is 2.27. The second-order valence-electron chi connectivity index (χ2n) is 7.70. The Hall–Kier alpha value is -2.48. The minimum Gasteiger partial charge on any atom is -0.439 e. The van der Waals surface area contributed by atoms with Crippen LogP contribution in [0.1, 0.15) is 20.8 Å². The molecule has 1 atom stereocenters. The standard InChI is InChI=1S/C20H23ClF2N4O2/c1-13-10-26(6-7-27(13)19(28)20(2,3)11-21)17-9-18(25-12-24-17)29-14-4-5-15(22)16(23)8-14/h4-5,8-9,12-13H,6-7,10-11H2,1-3H3. The van der Waals surface area contributed by atoms with E-state index in [1.807, 2.05) is 30.6 Å². The summed E-state index contributed by atoms with van der Waals surface area (Å²) >= 11 is 5.95. The van der Waals surface area contributed by atoms with E-state index in [0.717, 1.165) is 12.1 Å². The molecule has 3 rings (SSSR count). The lowest BCUT2D eigenvalue weighted by atomic mass is 9.93. The maximum absolute atomic E-state index is 13.4. The van der Waals surface area contributed by atoms with Crippen LogP contribution in [0.3, 0.4) is 0 Å². The molecule has 2 heterocycles. The summed E-state index contributed by atoms with van der Waals surface area (Å²) < 4.78 is 32.0. The minimum absolute atomic E-state index is 0.0238. The van der Waals surface area contributed by atoms with Gasteiger partial charge < -0.3 is 14.5 Å². The fourth-order valence-corrected chi connectivity index (χ4v) is 3.25. The van der Waals surface area contributed by atoms with Gasteiger partial charge in [-0.15, -0.1) is 11.6 Å². The monoisotopic (exact) mass is 424 g/mol. The summed E-state index contributed by atoms with van der Waals surface area (Å²) in [5.74, 6) is -0.658. The Labute approximate surface area is 173 Å². The van der Waals surface area contributed by atoms with Crippen LogP contribution >= 0.6 is 11.6 Å². The number of nitrogens with zero attached hydrogens (tertiary/aromatic N) is 4. The molecule has 0 spiro atoms. The number of piperazine rings is 1.